The first-order valence-corrected chi connectivity index (χ1v) is 15.4. The van der Waals surface area contributed by atoms with Crippen LogP contribution in [0.1, 0.15) is 22.3 Å². The van der Waals surface area contributed by atoms with E-state index in [4.69, 9.17) is 0 Å². The molecule has 0 N–H and O–H groups in total. The van der Waals surface area contributed by atoms with Crippen molar-refractivity contribution >= 4 is 21.8 Å². The fourth-order valence-corrected chi connectivity index (χ4v) is 8.39. The molecule has 7 aromatic carbocycles. The van der Waals surface area contributed by atoms with Gasteiger partial charge in [-0.3, -0.25) is 0 Å². The summed E-state index contributed by atoms with van der Waals surface area (Å²) in [4.78, 5) is 0. The van der Waals surface area contributed by atoms with Gasteiger partial charge in [0.25, 0.3) is 0 Å². The Morgan fingerprint density at radius 2 is 0.886 bits per heavy atom. The molecular weight excluding hydrogens is 530 g/mol. The average Bonchev–Trinajstić information content (AvgIpc) is 3.70. The van der Waals surface area contributed by atoms with Gasteiger partial charge in [-0.15, -0.1) is 0 Å². The summed E-state index contributed by atoms with van der Waals surface area (Å²) >= 11 is 0. The van der Waals surface area contributed by atoms with E-state index in [2.05, 4.69) is 168 Å². The first-order chi connectivity index (χ1) is 21.9. The topological polar surface area (TPSA) is 4.93 Å². The Labute approximate surface area is 256 Å². The molecule has 1 heterocycles. The Morgan fingerprint density at radius 3 is 1.59 bits per heavy atom. The van der Waals surface area contributed by atoms with Gasteiger partial charge in [0.15, 0.2) is 0 Å². The van der Waals surface area contributed by atoms with Gasteiger partial charge in [-0.2, -0.15) is 0 Å². The molecule has 204 valence electrons. The average molecular weight is 558 g/mol. The maximum Gasteiger partial charge on any atom is 0.0731 e. The third kappa shape index (κ3) is 2.89. The summed E-state index contributed by atoms with van der Waals surface area (Å²) in [5.74, 6) is 0. The molecule has 0 bridgehead atoms. The summed E-state index contributed by atoms with van der Waals surface area (Å²) in [6.45, 7) is 0. The molecule has 1 aromatic heterocycles. The lowest BCUT2D eigenvalue weighted by molar-refractivity contribution is 0.796. The van der Waals surface area contributed by atoms with Crippen LogP contribution < -0.4 is 0 Å². The van der Waals surface area contributed by atoms with Gasteiger partial charge in [-0.25, -0.2) is 0 Å². The first kappa shape index (κ1) is 23.9. The number of nitrogens with zero attached hydrogens (tertiary/aromatic N) is 1. The standard InChI is InChI=1S/C43H27N/c1-2-13-29(14-3-1)44-40-24-11-7-18-34(40)35-26-25-28(27-41(35)44)30-19-12-20-36-33-17-6-10-23-39(33)43(42(30)36)37-21-8-4-15-31(37)32-16-5-9-22-38(32)43/h1-27H. The number of hydrogen-bond acceptors (Lipinski definition) is 0. The van der Waals surface area contributed by atoms with Gasteiger partial charge in [0, 0.05) is 16.5 Å². The van der Waals surface area contributed by atoms with Crippen LogP contribution in [0, 0.1) is 0 Å². The van der Waals surface area contributed by atoms with Gasteiger partial charge in [-0.1, -0.05) is 140 Å². The minimum Gasteiger partial charge on any atom is -0.309 e. The van der Waals surface area contributed by atoms with Gasteiger partial charge < -0.3 is 4.57 Å². The molecule has 44 heavy (non-hydrogen) atoms. The molecule has 1 nitrogen and oxygen atoms in total. The third-order valence-corrected chi connectivity index (χ3v) is 10.0. The van der Waals surface area contributed by atoms with Crippen molar-refractivity contribution < 1.29 is 0 Å². The summed E-state index contributed by atoms with van der Waals surface area (Å²) in [5.41, 5.74) is 16.6. The number of fused-ring (bicyclic) bond motifs is 13. The fraction of sp³-hybridized carbons (Fsp3) is 0.0233. The van der Waals surface area contributed by atoms with Crippen molar-refractivity contribution in [3.63, 3.8) is 0 Å². The van der Waals surface area contributed by atoms with E-state index in [1.165, 1.54) is 83.1 Å². The van der Waals surface area contributed by atoms with Gasteiger partial charge >= 0.3 is 0 Å². The number of hydrogen-bond donors (Lipinski definition) is 0. The monoisotopic (exact) mass is 557 g/mol. The van der Waals surface area contributed by atoms with Crippen molar-refractivity contribution in [2.45, 2.75) is 5.41 Å². The highest BCUT2D eigenvalue weighted by Crippen LogP contribution is 2.64. The lowest BCUT2D eigenvalue weighted by Gasteiger charge is -2.32. The molecular formula is C43H27N. The quantitative estimate of drug-likeness (QED) is 0.199. The van der Waals surface area contributed by atoms with Crippen molar-refractivity contribution in [2.24, 2.45) is 0 Å². The number of rotatable bonds is 2. The van der Waals surface area contributed by atoms with E-state index in [1.54, 1.807) is 0 Å². The summed E-state index contributed by atoms with van der Waals surface area (Å²) in [5, 5.41) is 2.55. The van der Waals surface area contributed by atoms with E-state index >= 15 is 0 Å². The van der Waals surface area contributed by atoms with Crippen molar-refractivity contribution in [3.05, 3.63) is 186 Å². The van der Waals surface area contributed by atoms with Crippen LogP contribution in [-0.2, 0) is 5.41 Å². The number of aromatic nitrogens is 1. The van der Waals surface area contributed by atoms with E-state index < -0.39 is 0 Å². The zero-order chi connectivity index (χ0) is 28.8. The molecule has 0 radical (unpaired) electrons. The molecule has 0 fully saturated rings. The zero-order valence-corrected chi connectivity index (χ0v) is 24.0. The Kier molecular flexibility index (Phi) is 4.71. The van der Waals surface area contributed by atoms with E-state index in [9.17, 15) is 0 Å². The largest absolute Gasteiger partial charge is 0.309 e. The SMILES string of the molecule is c1ccc(-n2c3ccccc3c3ccc(-c4cccc5c4C4(c6ccccc6-c6ccccc64)c4ccccc4-5)cc32)cc1. The van der Waals surface area contributed by atoms with Gasteiger partial charge in [0.1, 0.15) is 0 Å². The van der Waals surface area contributed by atoms with Crippen LogP contribution in [0.4, 0.5) is 0 Å². The molecule has 0 saturated carbocycles. The minimum absolute atomic E-state index is 0.378. The van der Waals surface area contributed by atoms with Gasteiger partial charge in [-0.05, 0) is 79.9 Å². The van der Waals surface area contributed by atoms with Crippen molar-refractivity contribution in [1.29, 1.82) is 0 Å². The van der Waals surface area contributed by atoms with E-state index in [1.807, 2.05) is 0 Å². The van der Waals surface area contributed by atoms with E-state index in [0.29, 0.717) is 0 Å². The number of para-hydroxylation sites is 2. The van der Waals surface area contributed by atoms with Gasteiger partial charge in [0.05, 0.1) is 16.4 Å². The Balaban J connectivity index is 1.33. The minimum atomic E-state index is -0.378. The Bertz CT molecular complexity index is 2380. The second-order valence-corrected chi connectivity index (χ2v) is 12.0. The van der Waals surface area contributed by atoms with Crippen molar-refractivity contribution in [2.75, 3.05) is 0 Å². The van der Waals surface area contributed by atoms with E-state index in [0.717, 1.165) is 0 Å². The maximum atomic E-state index is 2.42. The van der Waals surface area contributed by atoms with Crippen LogP contribution in [0.2, 0.25) is 0 Å². The van der Waals surface area contributed by atoms with Crippen LogP contribution in [-0.4, -0.2) is 4.57 Å². The smallest absolute Gasteiger partial charge is 0.0731 e. The Hall–Kier alpha value is -5.66. The molecule has 8 aromatic rings. The van der Waals surface area contributed by atoms with Crippen molar-refractivity contribution in [1.82, 2.24) is 4.57 Å². The second-order valence-electron chi connectivity index (χ2n) is 12.0. The molecule has 2 aliphatic rings. The lowest BCUT2D eigenvalue weighted by Crippen LogP contribution is -2.26. The first-order valence-electron chi connectivity index (χ1n) is 15.4. The predicted molar refractivity (Wildman–Crippen MR) is 183 cm³/mol. The van der Waals surface area contributed by atoms with Gasteiger partial charge in [0.2, 0.25) is 0 Å². The lowest BCUT2D eigenvalue weighted by atomic mass is 9.68. The summed E-state index contributed by atoms with van der Waals surface area (Å²) < 4.78 is 2.42. The molecule has 0 saturated heterocycles. The summed E-state index contributed by atoms with van der Waals surface area (Å²) in [6.07, 6.45) is 0. The molecule has 0 unspecified atom stereocenters. The van der Waals surface area contributed by atoms with Crippen LogP contribution in [0.3, 0.4) is 0 Å². The van der Waals surface area contributed by atoms with Crippen LogP contribution >= 0.6 is 0 Å². The molecule has 0 atom stereocenters. The maximum absolute atomic E-state index is 2.42. The zero-order valence-electron chi connectivity index (χ0n) is 24.0. The fourth-order valence-electron chi connectivity index (χ4n) is 8.39. The summed E-state index contributed by atoms with van der Waals surface area (Å²) in [6, 6.07) is 60.7. The highest BCUT2D eigenvalue weighted by molar-refractivity contribution is 6.10. The third-order valence-electron chi connectivity index (χ3n) is 10.0. The predicted octanol–water partition coefficient (Wildman–Crippen LogP) is 10.8. The molecule has 1 spiro atoms. The highest BCUT2D eigenvalue weighted by Gasteiger charge is 2.52. The van der Waals surface area contributed by atoms with Crippen LogP contribution in [0.5, 0.6) is 0 Å². The normalized spacial score (nSPS) is 13.6. The summed E-state index contributed by atoms with van der Waals surface area (Å²) in [7, 11) is 0. The number of benzene rings is 7. The molecule has 1 heteroatoms. The second kappa shape index (κ2) is 8.69. The van der Waals surface area contributed by atoms with Crippen LogP contribution in [0.15, 0.2) is 164 Å². The molecule has 2 aliphatic carbocycles. The molecule has 10 rings (SSSR count). The molecule has 0 aliphatic heterocycles. The van der Waals surface area contributed by atoms with Crippen LogP contribution in [0.25, 0.3) is 60.9 Å². The van der Waals surface area contributed by atoms with Crippen molar-refractivity contribution in [3.8, 4) is 39.1 Å². The molecule has 0 amide bonds. The Morgan fingerprint density at radius 1 is 0.364 bits per heavy atom. The highest BCUT2D eigenvalue weighted by atomic mass is 15.0. The van der Waals surface area contributed by atoms with E-state index in [-0.39, 0.29) is 5.41 Å².